The maximum Gasteiger partial charge on any atom is 0.255 e. The zero-order chi connectivity index (χ0) is 18.8. The number of hydrogen-bond acceptors (Lipinski definition) is 5. The third-order valence-corrected chi connectivity index (χ3v) is 6.39. The van der Waals surface area contributed by atoms with Crippen LogP contribution in [-0.2, 0) is 19.9 Å². The maximum atomic E-state index is 12.2. The summed E-state index contributed by atoms with van der Waals surface area (Å²) in [5.41, 5.74) is 0.715. The van der Waals surface area contributed by atoms with Gasteiger partial charge < -0.3 is 5.32 Å². The Morgan fingerprint density at radius 1 is 0.840 bits per heavy atom. The molecule has 134 valence electrons. The highest BCUT2D eigenvalue weighted by atomic mass is 32.2. The van der Waals surface area contributed by atoms with Gasteiger partial charge in [-0.25, -0.2) is 21.1 Å². The zero-order valence-electron chi connectivity index (χ0n) is 13.9. The molecule has 7 nitrogen and oxygen atoms in total. The van der Waals surface area contributed by atoms with Crippen LogP contribution in [0.15, 0.2) is 58.3 Å². The van der Waals surface area contributed by atoms with Crippen LogP contribution in [0.5, 0.6) is 0 Å². The van der Waals surface area contributed by atoms with E-state index in [-0.39, 0.29) is 15.4 Å². The molecule has 0 aliphatic carbocycles. The van der Waals surface area contributed by atoms with Crippen molar-refractivity contribution < 1.29 is 21.6 Å². The smallest absolute Gasteiger partial charge is 0.255 e. The molecule has 0 atom stereocenters. The van der Waals surface area contributed by atoms with E-state index < -0.39 is 25.8 Å². The summed E-state index contributed by atoms with van der Waals surface area (Å²) >= 11 is 0. The van der Waals surface area contributed by atoms with Gasteiger partial charge in [0.25, 0.3) is 5.91 Å². The molecule has 0 spiro atoms. The third-order valence-electron chi connectivity index (χ3n) is 3.44. The van der Waals surface area contributed by atoms with Crippen LogP contribution in [0, 0.1) is 0 Å². The van der Waals surface area contributed by atoms with E-state index in [4.69, 9.17) is 0 Å². The van der Waals surface area contributed by atoms with Crippen molar-refractivity contribution in [2.24, 2.45) is 0 Å². The molecule has 1 amide bonds. The van der Waals surface area contributed by atoms with E-state index in [0.717, 1.165) is 10.6 Å². The molecule has 0 saturated carbocycles. The third kappa shape index (κ3) is 4.44. The Morgan fingerprint density at radius 3 is 1.76 bits per heavy atom. The van der Waals surface area contributed by atoms with Crippen molar-refractivity contribution in [3.63, 3.8) is 0 Å². The minimum Gasteiger partial charge on any atom is -0.322 e. The first-order valence-electron chi connectivity index (χ1n) is 7.16. The van der Waals surface area contributed by atoms with Gasteiger partial charge in [-0.3, -0.25) is 4.79 Å². The lowest BCUT2D eigenvalue weighted by Gasteiger charge is -2.11. The highest BCUT2D eigenvalue weighted by Gasteiger charge is 2.17. The fourth-order valence-corrected chi connectivity index (χ4v) is 3.51. The first-order chi connectivity index (χ1) is 11.5. The lowest BCUT2D eigenvalue weighted by molar-refractivity contribution is 0.102. The molecule has 0 aliphatic rings. The normalized spacial score (nSPS) is 12.2. The molecule has 0 fully saturated rings. The first kappa shape index (κ1) is 19.1. The van der Waals surface area contributed by atoms with Crippen LogP contribution in [0.4, 0.5) is 5.69 Å². The van der Waals surface area contributed by atoms with Gasteiger partial charge in [0, 0.05) is 31.6 Å². The van der Waals surface area contributed by atoms with E-state index in [1.165, 1.54) is 62.6 Å². The summed E-state index contributed by atoms with van der Waals surface area (Å²) in [4.78, 5) is 12.4. The van der Waals surface area contributed by atoms with Gasteiger partial charge in [0.15, 0.2) is 9.84 Å². The van der Waals surface area contributed by atoms with Gasteiger partial charge in [0.2, 0.25) is 10.0 Å². The van der Waals surface area contributed by atoms with Crippen LogP contribution in [0.3, 0.4) is 0 Å². The first-order valence-corrected chi connectivity index (χ1v) is 10.5. The van der Waals surface area contributed by atoms with Crippen molar-refractivity contribution in [3.05, 3.63) is 54.1 Å². The fourth-order valence-electron chi connectivity index (χ4n) is 1.98. The predicted molar refractivity (Wildman–Crippen MR) is 94.8 cm³/mol. The SMILES string of the molecule is CN(C)S(=O)(=O)c1ccc(C(=O)Nc2ccc(S(C)(=O)=O)cc2)cc1. The molecule has 0 saturated heterocycles. The number of carbonyl (C=O) groups excluding carboxylic acids is 1. The van der Waals surface area contributed by atoms with Gasteiger partial charge in [-0.15, -0.1) is 0 Å². The van der Waals surface area contributed by atoms with E-state index in [1.54, 1.807) is 0 Å². The van der Waals surface area contributed by atoms with Gasteiger partial charge in [0.05, 0.1) is 9.79 Å². The standard InChI is InChI=1S/C16H18N2O5S2/c1-18(2)25(22,23)15-8-4-12(5-9-15)16(19)17-13-6-10-14(11-7-13)24(3,20)21/h4-11H,1-3H3,(H,17,19). The van der Waals surface area contributed by atoms with Crippen LogP contribution in [0.25, 0.3) is 0 Å². The lowest BCUT2D eigenvalue weighted by Crippen LogP contribution is -2.22. The highest BCUT2D eigenvalue weighted by molar-refractivity contribution is 7.90. The summed E-state index contributed by atoms with van der Waals surface area (Å²) in [5.74, 6) is -0.430. The van der Waals surface area contributed by atoms with Crippen LogP contribution in [0.2, 0.25) is 0 Å². The summed E-state index contributed by atoms with van der Waals surface area (Å²) in [6, 6.07) is 11.3. The largest absolute Gasteiger partial charge is 0.322 e. The molecule has 9 heteroatoms. The Labute approximate surface area is 147 Å². The average Bonchev–Trinajstić information content (AvgIpc) is 2.54. The predicted octanol–water partition coefficient (Wildman–Crippen LogP) is 1.59. The number of carbonyl (C=O) groups is 1. The minimum absolute atomic E-state index is 0.0894. The average molecular weight is 382 g/mol. The second-order valence-corrected chi connectivity index (χ2v) is 9.73. The molecule has 0 aliphatic heterocycles. The van der Waals surface area contributed by atoms with Gasteiger partial charge in [-0.2, -0.15) is 0 Å². The zero-order valence-corrected chi connectivity index (χ0v) is 15.6. The number of hydrogen-bond donors (Lipinski definition) is 1. The Morgan fingerprint density at radius 2 is 1.32 bits per heavy atom. The molecule has 0 unspecified atom stereocenters. The van der Waals surface area contributed by atoms with E-state index in [0.29, 0.717) is 5.69 Å². The van der Waals surface area contributed by atoms with Crippen molar-refractivity contribution in [1.29, 1.82) is 0 Å². The van der Waals surface area contributed by atoms with Crippen molar-refractivity contribution in [3.8, 4) is 0 Å². The van der Waals surface area contributed by atoms with E-state index in [2.05, 4.69) is 5.32 Å². The van der Waals surface area contributed by atoms with Crippen molar-refractivity contribution >= 4 is 31.5 Å². The molecule has 25 heavy (non-hydrogen) atoms. The minimum atomic E-state index is -3.55. The van der Waals surface area contributed by atoms with Gasteiger partial charge >= 0.3 is 0 Å². The molecule has 2 aromatic carbocycles. The number of nitrogens with one attached hydrogen (secondary N) is 1. The summed E-state index contributed by atoms with van der Waals surface area (Å²) in [7, 11) is -4.00. The number of nitrogens with zero attached hydrogens (tertiary/aromatic N) is 1. The second kappa shape index (κ2) is 6.95. The second-order valence-electron chi connectivity index (χ2n) is 5.56. The van der Waals surface area contributed by atoms with E-state index in [9.17, 15) is 21.6 Å². The Bertz CT molecular complexity index is 978. The van der Waals surface area contributed by atoms with Crippen LogP contribution in [0.1, 0.15) is 10.4 Å². The van der Waals surface area contributed by atoms with Crippen LogP contribution < -0.4 is 5.32 Å². The molecule has 0 aromatic heterocycles. The van der Waals surface area contributed by atoms with Crippen LogP contribution in [-0.4, -0.2) is 47.4 Å². The van der Waals surface area contributed by atoms with Gasteiger partial charge in [-0.05, 0) is 48.5 Å². The molecule has 1 N–H and O–H groups in total. The summed E-state index contributed by atoms with van der Waals surface area (Å²) in [5, 5.41) is 2.62. The number of benzene rings is 2. The number of rotatable bonds is 5. The number of sulfonamides is 1. The highest BCUT2D eigenvalue weighted by Crippen LogP contribution is 2.17. The molecule has 0 heterocycles. The van der Waals surface area contributed by atoms with E-state index >= 15 is 0 Å². The fraction of sp³-hybridized carbons (Fsp3) is 0.188. The summed E-state index contributed by atoms with van der Waals surface area (Å²) < 4.78 is 47.9. The van der Waals surface area contributed by atoms with Crippen molar-refractivity contribution in [2.75, 3.05) is 25.7 Å². The molecule has 2 rings (SSSR count). The van der Waals surface area contributed by atoms with Crippen molar-refractivity contribution in [2.45, 2.75) is 9.79 Å². The number of anilines is 1. The summed E-state index contributed by atoms with van der Waals surface area (Å²) in [6.45, 7) is 0. The molecule has 0 bridgehead atoms. The van der Waals surface area contributed by atoms with Gasteiger partial charge in [0.1, 0.15) is 0 Å². The molecular weight excluding hydrogens is 364 g/mol. The molecule has 2 aromatic rings. The molecule has 0 radical (unpaired) electrons. The summed E-state index contributed by atoms with van der Waals surface area (Å²) in [6.07, 6.45) is 1.10. The number of sulfone groups is 1. The Balaban J connectivity index is 2.16. The van der Waals surface area contributed by atoms with E-state index in [1.807, 2.05) is 0 Å². The van der Waals surface area contributed by atoms with Crippen LogP contribution >= 0.6 is 0 Å². The Kier molecular flexibility index (Phi) is 5.31. The Hall–Kier alpha value is -2.23. The topological polar surface area (TPSA) is 101 Å². The number of amides is 1. The quantitative estimate of drug-likeness (QED) is 0.846. The monoisotopic (exact) mass is 382 g/mol. The molecular formula is C16H18N2O5S2. The van der Waals surface area contributed by atoms with Crippen molar-refractivity contribution in [1.82, 2.24) is 4.31 Å². The maximum absolute atomic E-state index is 12.2. The van der Waals surface area contributed by atoms with Gasteiger partial charge in [-0.1, -0.05) is 0 Å². The lowest BCUT2D eigenvalue weighted by atomic mass is 10.2.